The molecule has 0 aromatic carbocycles. The maximum absolute atomic E-state index is 4.67. The van der Waals surface area contributed by atoms with Crippen LogP contribution in [0.15, 0.2) is 0 Å². The Morgan fingerprint density at radius 2 is 1.75 bits per heavy atom. The first-order valence-electron chi connectivity index (χ1n) is 7.72. The summed E-state index contributed by atoms with van der Waals surface area (Å²) in [6.45, 7) is 14.9. The fraction of sp³-hybridized carbons (Fsp3) is 0.733. The minimum absolute atomic E-state index is 0.845. The van der Waals surface area contributed by atoms with Gasteiger partial charge < -0.3 is 10.2 Å². The molecule has 0 amide bonds. The number of aromatic nitrogens is 2. The first-order valence-corrected chi connectivity index (χ1v) is 7.72. The molecule has 1 N–H and O–H groups in total. The molecule has 1 fully saturated rings. The van der Waals surface area contributed by atoms with Gasteiger partial charge in [0.1, 0.15) is 17.5 Å². The Hall–Kier alpha value is -1.36. The summed E-state index contributed by atoms with van der Waals surface area (Å²) in [7, 11) is 0. The second-order valence-corrected chi connectivity index (χ2v) is 5.43. The molecule has 0 bridgehead atoms. The van der Waals surface area contributed by atoms with Crippen LogP contribution in [0.3, 0.4) is 0 Å². The molecular weight excluding hydrogens is 250 g/mol. The van der Waals surface area contributed by atoms with Crippen molar-refractivity contribution in [3.63, 3.8) is 0 Å². The first kappa shape index (κ1) is 15.0. The highest BCUT2D eigenvalue weighted by molar-refractivity contribution is 5.58. The van der Waals surface area contributed by atoms with Crippen LogP contribution in [0.25, 0.3) is 0 Å². The largest absolute Gasteiger partial charge is 0.370 e. The summed E-state index contributed by atoms with van der Waals surface area (Å²) in [6, 6.07) is 0. The van der Waals surface area contributed by atoms with Gasteiger partial charge in [-0.1, -0.05) is 6.92 Å². The lowest BCUT2D eigenvalue weighted by molar-refractivity contribution is 0.258. The van der Waals surface area contributed by atoms with E-state index in [1.165, 1.54) is 18.5 Å². The molecule has 2 rings (SSSR count). The Balaban J connectivity index is 2.13. The summed E-state index contributed by atoms with van der Waals surface area (Å²) in [6.07, 6.45) is 1.23. The van der Waals surface area contributed by atoms with Gasteiger partial charge in [0.25, 0.3) is 0 Å². The molecule has 5 heteroatoms. The summed E-state index contributed by atoms with van der Waals surface area (Å²) in [4.78, 5) is 14.1. The number of hydrogen-bond acceptors (Lipinski definition) is 5. The zero-order chi connectivity index (χ0) is 14.5. The fourth-order valence-electron chi connectivity index (χ4n) is 2.76. The molecule has 0 saturated carbocycles. The van der Waals surface area contributed by atoms with Crippen molar-refractivity contribution in [2.75, 3.05) is 49.5 Å². The van der Waals surface area contributed by atoms with Crippen LogP contribution in [0.4, 0.5) is 11.6 Å². The van der Waals surface area contributed by atoms with Crippen molar-refractivity contribution in [1.82, 2.24) is 14.9 Å². The number of anilines is 2. The lowest BCUT2D eigenvalue weighted by Crippen LogP contribution is -2.47. The van der Waals surface area contributed by atoms with Crippen LogP contribution in [0.1, 0.15) is 31.7 Å². The van der Waals surface area contributed by atoms with E-state index < -0.39 is 0 Å². The van der Waals surface area contributed by atoms with Gasteiger partial charge in [-0.2, -0.15) is 0 Å². The molecule has 0 radical (unpaired) electrons. The molecule has 0 spiro atoms. The van der Waals surface area contributed by atoms with Gasteiger partial charge in [-0.15, -0.1) is 0 Å². The van der Waals surface area contributed by atoms with E-state index in [2.05, 4.69) is 45.9 Å². The van der Waals surface area contributed by atoms with Gasteiger partial charge in [0, 0.05) is 38.3 Å². The molecule has 0 unspecified atom stereocenters. The third-order valence-corrected chi connectivity index (χ3v) is 3.79. The molecule has 1 aromatic heterocycles. The second-order valence-electron chi connectivity index (χ2n) is 5.43. The van der Waals surface area contributed by atoms with Crippen molar-refractivity contribution in [2.45, 2.75) is 34.1 Å². The van der Waals surface area contributed by atoms with Crippen molar-refractivity contribution in [3.8, 4) is 0 Å². The normalized spacial score (nSPS) is 16.5. The third kappa shape index (κ3) is 3.39. The van der Waals surface area contributed by atoms with Crippen LogP contribution < -0.4 is 10.2 Å². The minimum atomic E-state index is 0.845. The Bertz CT molecular complexity index is 438. The van der Waals surface area contributed by atoms with Crippen molar-refractivity contribution < 1.29 is 0 Å². The standard InChI is InChI=1S/C15H27N5/c1-5-7-19-8-10-20(11-9-19)15-12(3)14(16-6-2)17-13(4)18-15/h5-11H2,1-4H3,(H,16,17,18). The highest BCUT2D eigenvalue weighted by atomic mass is 15.3. The molecular formula is C15H27N5. The zero-order valence-corrected chi connectivity index (χ0v) is 13.2. The molecule has 0 atom stereocenters. The molecule has 112 valence electrons. The van der Waals surface area contributed by atoms with E-state index in [1.54, 1.807) is 0 Å². The van der Waals surface area contributed by atoms with E-state index in [4.69, 9.17) is 0 Å². The number of nitrogens with one attached hydrogen (secondary N) is 1. The molecule has 1 aliphatic heterocycles. The van der Waals surface area contributed by atoms with Crippen LogP contribution in [-0.4, -0.2) is 54.1 Å². The monoisotopic (exact) mass is 277 g/mol. The Kier molecular flexibility index (Phi) is 5.17. The summed E-state index contributed by atoms with van der Waals surface area (Å²) in [5.41, 5.74) is 1.17. The van der Waals surface area contributed by atoms with E-state index in [0.29, 0.717) is 0 Å². The number of rotatable bonds is 5. The average Bonchev–Trinajstić information content (AvgIpc) is 2.44. The SMILES string of the molecule is CCCN1CCN(c2nc(C)nc(NCC)c2C)CC1. The highest BCUT2D eigenvalue weighted by Gasteiger charge is 2.20. The quantitative estimate of drug-likeness (QED) is 0.892. The van der Waals surface area contributed by atoms with Crippen LogP contribution in [0.5, 0.6) is 0 Å². The van der Waals surface area contributed by atoms with Crippen LogP contribution in [0, 0.1) is 13.8 Å². The van der Waals surface area contributed by atoms with Gasteiger partial charge in [0.2, 0.25) is 0 Å². The smallest absolute Gasteiger partial charge is 0.137 e. The van der Waals surface area contributed by atoms with E-state index >= 15 is 0 Å². The van der Waals surface area contributed by atoms with E-state index in [-0.39, 0.29) is 0 Å². The lowest BCUT2D eigenvalue weighted by Gasteiger charge is -2.36. The molecule has 0 aliphatic carbocycles. The average molecular weight is 277 g/mol. The van der Waals surface area contributed by atoms with Crippen molar-refractivity contribution >= 4 is 11.6 Å². The molecule has 2 heterocycles. The molecule has 1 aliphatic rings. The summed E-state index contributed by atoms with van der Waals surface area (Å²) >= 11 is 0. The Labute approximate surface area is 122 Å². The number of nitrogens with zero attached hydrogens (tertiary/aromatic N) is 4. The van der Waals surface area contributed by atoms with Crippen LogP contribution in [-0.2, 0) is 0 Å². The van der Waals surface area contributed by atoms with Gasteiger partial charge in [-0.05, 0) is 33.7 Å². The van der Waals surface area contributed by atoms with Crippen molar-refractivity contribution in [2.24, 2.45) is 0 Å². The number of aryl methyl sites for hydroxylation is 1. The Morgan fingerprint density at radius 3 is 2.35 bits per heavy atom. The van der Waals surface area contributed by atoms with Crippen LogP contribution >= 0.6 is 0 Å². The first-order chi connectivity index (χ1) is 9.65. The summed E-state index contributed by atoms with van der Waals surface area (Å²) < 4.78 is 0. The number of hydrogen-bond donors (Lipinski definition) is 1. The van der Waals surface area contributed by atoms with E-state index in [0.717, 1.165) is 50.2 Å². The summed E-state index contributed by atoms with van der Waals surface area (Å²) in [5.74, 6) is 2.92. The van der Waals surface area contributed by atoms with E-state index in [9.17, 15) is 0 Å². The lowest BCUT2D eigenvalue weighted by atomic mass is 10.2. The van der Waals surface area contributed by atoms with Crippen molar-refractivity contribution in [1.29, 1.82) is 0 Å². The van der Waals surface area contributed by atoms with Crippen LogP contribution in [0.2, 0.25) is 0 Å². The third-order valence-electron chi connectivity index (χ3n) is 3.79. The maximum Gasteiger partial charge on any atom is 0.137 e. The van der Waals surface area contributed by atoms with E-state index in [1.807, 2.05) is 6.92 Å². The highest BCUT2D eigenvalue weighted by Crippen LogP contribution is 2.24. The van der Waals surface area contributed by atoms with Gasteiger partial charge in [0.15, 0.2) is 0 Å². The molecule has 1 saturated heterocycles. The molecule has 5 nitrogen and oxygen atoms in total. The molecule has 1 aromatic rings. The van der Waals surface area contributed by atoms with Gasteiger partial charge in [0.05, 0.1) is 0 Å². The number of piperazine rings is 1. The Morgan fingerprint density at radius 1 is 1.05 bits per heavy atom. The topological polar surface area (TPSA) is 44.3 Å². The molecule has 20 heavy (non-hydrogen) atoms. The van der Waals surface area contributed by atoms with Gasteiger partial charge >= 0.3 is 0 Å². The summed E-state index contributed by atoms with van der Waals surface area (Å²) in [5, 5.41) is 3.34. The van der Waals surface area contributed by atoms with Crippen molar-refractivity contribution in [3.05, 3.63) is 11.4 Å². The van der Waals surface area contributed by atoms with Gasteiger partial charge in [-0.3, -0.25) is 4.90 Å². The predicted molar refractivity (Wildman–Crippen MR) is 84.6 cm³/mol. The second kappa shape index (κ2) is 6.88. The predicted octanol–water partition coefficient (Wildman–Crippen LogP) is 2.06. The minimum Gasteiger partial charge on any atom is -0.370 e. The van der Waals surface area contributed by atoms with Gasteiger partial charge in [-0.25, -0.2) is 9.97 Å². The maximum atomic E-state index is 4.67. The fourth-order valence-corrected chi connectivity index (χ4v) is 2.76. The zero-order valence-electron chi connectivity index (χ0n) is 13.2.